The Balaban J connectivity index is 1.87. The Labute approximate surface area is 161 Å². The van der Waals surface area contributed by atoms with Gasteiger partial charge in [-0.05, 0) is 61.7 Å². The Morgan fingerprint density at radius 1 is 1.18 bits per heavy atom. The number of aromatic nitrogens is 3. The van der Waals surface area contributed by atoms with Crippen LogP contribution in [0.4, 0.5) is 14.5 Å². The molecule has 0 saturated carbocycles. The number of nitrogens with zero attached hydrogens (tertiary/aromatic N) is 3. The third-order valence-corrected chi connectivity index (χ3v) is 4.26. The molecule has 6 nitrogen and oxygen atoms in total. The highest BCUT2D eigenvalue weighted by Crippen LogP contribution is 2.21. The number of halogens is 2. The third-order valence-electron chi connectivity index (χ3n) is 4.26. The van der Waals surface area contributed by atoms with Gasteiger partial charge in [0.1, 0.15) is 5.75 Å². The molecule has 2 aromatic carbocycles. The van der Waals surface area contributed by atoms with E-state index < -0.39 is 6.61 Å². The lowest BCUT2D eigenvalue weighted by Crippen LogP contribution is -2.16. The van der Waals surface area contributed by atoms with Crippen molar-refractivity contribution in [1.82, 2.24) is 15.0 Å². The minimum absolute atomic E-state index is 0.0461. The van der Waals surface area contributed by atoms with Gasteiger partial charge in [-0.3, -0.25) is 4.79 Å². The molecule has 28 heavy (non-hydrogen) atoms. The fourth-order valence-corrected chi connectivity index (χ4v) is 2.82. The monoisotopic (exact) mass is 386 g/mol. The molecule has 1 N–H and O–H groups in total. The number of amides is 1. The van der Waals surface area contributed by atoms with E-state index in [4.69, 9.17) is 0 Å². The molecule has 0 radical (unpaired) electrons. The fourth-order valence-electron chi connectivity index (χ4n) is 2.82. The molecule has 0 aliphatic rings. The molecule has 0 unspecified atom stereocenters. The molecule has 3 aromatic rings. The van der Waals surface area contributed by atoms with Gasteiger partial charge in [0.2, 0.25) is 0 Å². The number of alkyl halides is 2. The Morgan fingerprint density at radius 2 is 1.89 bits per heavy atom. The van der Waals surface area contributed by atoms with E-state index in [1.165, 1.54) is 16.8 Å². The van der Waals surface area contributed by atoms with Gasteiger partial charge in [0.05, 0.1) is 11.4 Å². The van der Waals surface area contributed by atoms with Crippen LogP contribution in [-0.2, 0) is 6.42 Å². The van der Waals surface area contributed by atoms with Crippen molar-refractivity contribution < 1.29 is 18.3 Å². The molecule has 1 aromatic heterocycles. The number of rotatable bonds is 6. The van der Waals surface area contributed by atoms with E-state index in [-0.39, 0.29) is 17.4 Å². The lowest BCUT2D eigenvalue weighted by atomic mass is 10.1. The molecule has 8 heteroatoms. The van der Waals surface area contributed by atoms with Crippen LogP contribution in [0, 0.1) is 13.8 Å². The standard InChI is InChI=1S/C20H20F2N4O2/c1-4-17-18(19(27)23-16-11-12(2)5-6-13(16)3)24-25-26(17)14-7-9-15(10-8-14)28-20(21)22/h5-11,20H,4H2,1-3H3,(H,23,27). The SMILES string of the molecule is CCc1c(C(=O)Nc2cc(C)ccc2C)nnn1-c1ccc(OC(F)F)cc1. The number of hydrogen-bond acceptors (Lipinski definition) is 4. The number of hydrogen-bond donors (Lipinski definition) is 1. The maximum atomic E-state index is 12.7. The summed E-state index contributed by atoms with van der Waals surface area (Å²) in [7, 11) is 0. The number of nitrogens with one attached hydrogen (secondary N) is 1. The smallest absolute Gasteiger partial charge is 0.387 e. The van der Waals surface area contributed by atoms with E-state index in [0.717, 1.165) is 16.8 Å². The first-order valence-corrected chi connectivity index (χ1v) is 8.77. The Bertz CT molecular complexity index is 984. The van der Waals surface area contributed by atoms with Crippen LogP contribution in [0.25, 0.3) is 5.69 Å². The van der Waals surface area contributed by atoms with E-state index in [0.29, 0.717) is 17.8 Å². The average molecular weight is 386 g/mol. The summed E-state index contributed by atoms with van der Waals surface area (Å²) < 4.78 is 30.5. The summed E-state index contributed by atoms with van der Waals surface area (Å²) in [6.45, 7) is 2.86. The lowest BCUT2D eigenvalue weighted by molar-refractivity contribution is -0.0498. The van der Waals surface area contributed by atoms with Crippen molar-refractivity contribution >= 4 is 11.6 Å². The number of aryl methyl sites for hydroxylation is 2. The molecule has 1 amide bonds. The second-order valence-electron chi connectivity index (χ2n) is 6.30. The summed E-state index contributed by atoms with van der Waals surface area (Å²) in [6.07, 6.45) is 0.512. The molecule has 0 aliphatic heterocycles. The summed E-state index contributed by atoms with van der Waals surface area (Å²) in [5, 5.41) is 11.0. The maximum absolute atomic E-state index is 12.7. The van der Waals surface area contributed by atoms with Gasteiger partial charge in [-0.2, -0.15) is 8.78 Å². The molecule has 1 heterocycles. The predicted molar refractivity (Wildman–Crippen MR) is 101 cm³/mol. The zero-order valence-corrected chi connectivity index (χ0v) is 15.7. The fraction of sp³-hybridized carbons (Fsp3) is 0.250. The van der Waals surface area contributed by atoms with Gasteiger partial charge < -0.3 is 10.1 Å². The number of anilines is 1. The van der Waals surface area contributed by atoms with Crippen LogP contribution in [0.5, 0.6) is 5.75 Å². The largest absolute Gasteiger partial charge is 0.435 e. The zero-order chi connectivity index (χ0) is 20.3. The molecule has 146 valence electrons. The van der Waals surface area contributed by atoms with Crippen LogP contribution < -0.4 is 10.1 Å². The van der Waals surface area contributed by atoms with Crippen molar-refractivity contribution in [2.75, 3.05) is 5.32 Å². The van der Waals surface area contributed by atoms with Crippen molar-refractivity contribution in [2.45, 2.75) is 33.8 Å². The number of carbonyl (C=O) groups excluding carboxylic acids is 1. The Kier molecular flexibility index (Phi) is 5.67. The third kappa shape index (κ3) is 4.16. The van der Waals surface area contributed by atoms with Gasteiger partial charge in [0, 0.05) is 5.69 Å². The number of ether oxygens (including phenoxy) is 1. The first-order chi connectivity index (χ1) is 13.4. The van der Waals surface area contributed by atoms with E-state index in [2.05, 4.69) is 20.4 Å². The van der Waals surface area contributed by atoms with Crippen LogP contribution in [0.2, 0.25) is 0 Å². The predicted octanol–water partition coefficient (Wildman–Crippen LogP) is 4.30. The molecule has 0 bridgehead atoms. The Morgan fingerprint density at radius 3 is 2.54 bits per heavy atom. The number of carbonyl (C=O) groups is 1. The molecule has 0 fully saturated rings. The van der Waals surface area contributed by atoms with Gasteiger partial charge in [-0.25, -0.2) is 4.68 Å². The summed E-state index contributed by atoms with van der Waals surface area (Å²) in [5.74, 6) is -0.306. The van der Waals surface area contributed by atoms with Gasteiger partial charge in [0.15, 0.2) is 5.69 Å². The zero-order valence-electron chi connectivity index (χ0n) is 15.7. The Hall–Kier alpha value is -3.29. The summed E-state index contributed by atoms with van der Waals surface area (Å²) in [4.78, 5) is 12.7. The van der Waals surface area contributed by atoms with Crippen LogP contribution >= 0.6 is 0 Å². The summed E-state index contributed by atoms with van der Waals surface area (Å²) in [5.41, 5.74) is 4.12. The molecule has 0 saturated heterocycles. The molecular weight excluding hydrogens is 366 g/mol. The highest BCUT2D eigenvalue weighted by Gasteiger charge is 2.20. The summed E-state index contributed by atoms with van der Waals surface area (Å²) in [6, 6.07) is 11.8. The first-order valence-electron chi connectivity index (χ1n) is 8.77. The van der Waals surface area contributed by atoms with Crippen LogP contribution in [0.1, 0.15) is 34.2 Å². The van der Waals surface area contributed by atoms with Crippen molar-refractivity contribution in [2.24, 2.45) is 0 Å². The van der Waals surface area contributed by atoms with Crippen molar-refractivity contribution in [3.63, 3.8) is 0 Å². The molecule has 3 rings (SSSR count). The summed E-state index contributed by atoms with van der Waals surface area (Å²) >= 11 is 0. The van der Waals surface area contributed by atoms with E-state index >= 15 is 0 Å². The van der Waals surface area contributed by atoms with E-state index in [1.807, 2.05) is 39.0 Å². The first kappa shape index (κ1) is 19.5. The van der Waals surface area contributed by atoms with Gasteiger partial charge >= 0.3 is 6.61 Å². The maximum Gasteiger partial charge on any atom is 0.387 e. The van der Waals surface area contributed by atoms with Crippen molar-refractivity contribution in [3.8, 4) is 11.4 Å². The minimum Gasteiger partial charge on any atom is -0.435 e. The van der Waals surface area contributed by atoms with Gasteiger partial charge in [-0.15, -0.1) is 5.10 Å². The van der Waals surface area contributed by atoms with E-state index in [9.17, 15) is 13.6 Å². The lowest BCUT2D eigenvalue weighted by Gasteiger charge is -2.10. The molecular formula is C20H20F2N4O2. The molecule has 0 spiro atoms. The topological polar surface area (TPSA) is 69.0 Å². The molecule has 0 atom stereocenters. The second-order valence-corrected chi connectivity index (χ2v) is 6.30. The average Bonchev–Trinajstić information content (AvgIpc) is 3.09. The normalized spacial score (nSPS) is 10.9. The van der Waals surface area contributed by atoms with Crippen LogP contribution in [-0.4, -0.2) is 27.5 Å². The molecule has 0 aliphatic carbocycles. The highest BCUT2D eigenvalue weighted by molar-refractivity contribution is 6.04. The van der Waals surface area contributed by atoms with Crippen LogP contribution in [0.3, 0.4) is 0 Å². The number of benzene rings is 2. The van der Waals surface area contributed by atoms with Crippen LogP contribution in [0.15, 0.2) is 42.5 Å². The second kappa shape index (κ2) is 8.16. The van der Waals surface area contributed by atoms with Crippen molar-refractivity contribution in [3.05, 3.63) is 65.0 Å². The highest BCUT2D eigenvalue weighted by atomic mass is 19.3. The quantitative estimate of drug-likeness (QED) is 0.686. The van der Waals surface area contributed by atoms with Gasteiger partial charge in [-0.1, -0.05) is 24.3 Å². The van der Waals surface area contributed by atoms with Gasteiger partial charge in [0.25, 0.3) is 5.91 Å². The minimum atomic E-state index is -2.89. The van der Waals surface area contributed by atoms with E-state index in [1.54, 1.807) is 12.1 Å². The van der Waals surface area contributed by atoms with Crippen molar-refractivity contribution in [1.29, 1.82) is 0 Å².